The molecule has 1 aromatic heterocycles. The van der Waals surface area contributed by atoms with Gasteiger partial charge in [-0.05, 0) is 17.5 Å². The first-order valence-electron chi connectivity index (χ1n) is 6.94. The van der Waals surface area contributed by atoms with Crippen LogP contribution in [0.5, 0.6) is 0 Å². The van der Waals surface area contributed by atoms with Crippen LogP contribution in [0.15, 0.2) is 36.5 Å². The number of fused-ring (bicyclic) bond motifs is 1. The smallest absolute Gasteiger partial charge is 0.215 e. The highest BCUT2D eigenvalue weighted by molar-refractivity contribution is 7.88. The van der Waals surface area contributed by atoms with E-state index >= 15 is 0 Å². The van der Waals surface area contributed by atoms with Crippen molar-refractivity contribution in [2.75, 3.05) is 6.54 Å². The third kappa shape index (κ3) is 4.23. The Hall–Kier alpha value is -1.50. The van der Waals surface area contributed by atoms with Gasteiger partial charge in [-0.15, -0.1) is 0 Å². The second kappa shape index (κ2) is 6.51. The largest absolute Gasteiger partial charge is 0.326 e. The minimum Gasteiger partial charge on any atom is -0.326 e. The zero-order valence-corrected chi connectivity index (χ0v) is 13.1. The molecule has 0 amide bonds. The predicted molar refractivity (Wildman–Crippen MR) is 85.2 cm³/mol. The molecule has 1 heterocycles. The highest BCUT2D eigenvalue weighted by Gasteiger charge is 2.16. The third-order valence-electron chi connectivity index (χ3n) is 3.46. The molecule has 0 saturated carbocycles. The van der Waals surface area contributed by atoms with Crippen LogP contribution in [0.1, 0.15) is 19.4 Å². The topological polar surface area (TPSA) is 85.1 Å². The maximum Gasteiger partial charge on any atom is 0.215 e. The van der Waals surface area contributed by atoms with Crippen LogP contribution in [0.3, 0.4) is 0 Å². The van der Waals surface area contributed by atoms with Gasteiger partial charge in [0.1, 0.15) is 0 Å². The van der Waals surface area contributed by atoms with E-state index in [1.165, 1.54) is 0 Å². The van der Waals surface area contributed by atoms with Crippen LogP contribution in [-0.4, -0.2) is 26.0 Å². The number of benzene rings is 1. The van der Waals surface area contributed by atoms with Crippen molar-refractivity contribution >= 4 is 20.9 Å². The van der Waals surface area contributed by atoms with Gasteiger partial charge in [0, 0.05) is 24.2 Å². The van der Waals surface area contributed by atoms with Gasteiger partial charge in [-0.25, -0.2) is 13.1 Å². The minimum absolute atomic E-state index is 0.0911. The first-order valence-corrected chi connectivity index (χ1v) is 8.60. The Morgan fingerprint density at radius 1 is 1.24 bits per heavy atom. The van der Waals surface area contributed by atoms with Gasteiger partial charge in [-0.2, -0.15) is 0 Å². The van der Waals surface area contributed by atoms with Crippen LogP contribution in [0.25, 0.3) is 10.9 Å². The van der Waals surface area contributed by atoms with Gasteiger partial charge in [0.2, 0.25) is 10.0 Å². The Kier molecular flexibility index (Phi) is 4.92. The highest BCUT2D eigenvalue weighted by Crippen LogP contribution is 2.17. The van der Waals surface area contributed by atoms with Gasteiger partial charge in [0.15, 0.2) is 0 Å². The van der Waals surface area contributed by atoms with Crippen molar-refractivity contribution in [3.8, 4) is 0 Å². The van der Waals surface area contributed by atoms with Crippen LogP contribution in [-0.2, 0) is 15.8 Å². The second-order valence-corrected chi connectivity index (χ2v) is 7.31. The summed E-state index contributed by atoms with van der Waals surface area (Å²) in [6.45, 7) is 4.18. The lowest BCUT2D eigenvalue weighted by atomic mass is 10.1. The van der Waals surface area contributed by atoms with Gasteiger partial charge >= 0.3 is 0 Å². The number of hydrogen-bond donors (Lipinski definition) is 2. The molecule has 0 unspecified atom stereocenters. The average molecular weight is 307 g/mol. The first-order chi connectivity index (χ1) is 9.89. The first kappa shape index (κ1) is 15.9. The SMILES string of the molecule is CC(C)[C@H](N)CNS(=O)(=O)Cc1cccc2cccnc12. The van der Waals surface area contributed by atoms with Gasteiger partial charge in [0.05, 0.1) is 11.3 Å². The van der Waals surface area contributed by atoms with E-state index in [9.17, 15) is 8.42 Å². The van der Waals surface area contributed by atoms with E-state index in [0.29, 0.717) is 5.56 Å². The summed E-state index contributed by atoms with van der Waals surface area (Å²) in [5, 5.41) is 0.934. The molecule has 0 radical (unpaired) electrons. The molecule has 21 heavy (non-hydrogen) atoms. The lowest BCUT2D eigenvalue weighted by Gasteiger charge is -2.16. The van der Waals surface area contributed by atoms with E-state index in [1.807, 2.05) is 38.1 Å². The fourth-order valence-corrected chi connectivity index (χ4v) is 3.19. The van der Waals surface area contributed by atoms with Crippen molar-refractivity contribution < 1.29 is 8.42 Å². The quantitative estimate of drug-likeness (QED) is 0.849. The van der Waals surface area contributed by atoms with Crippen LogP contribution < -0.4 is 10.5 Å². The summed E-state index contributed by atoms with van der Waals surface area (Å²) in [7, 11) is -3.42. The van der Waals surface area contributed by atoms with E-state index in [-0.39, 0.29) is 24.3 Å². The number of aromatic nitrogens is 1. The predicted octanol–water partition coefficient (Wildman–Crippen LogP) is 1.64. The molecule has 2 aromatic rings. The fraction of sp³-hybridized carbons (Fsp3) is 0.400. The molecule has 114 valence electrons. The minimum atomic E-state index is -3.42. The maximum atomic E-state index is 12.2. The van der Waals surface area contributed by atoms with E-state index < -0.39 is 10.0 Å². The molecule has 3 N–H and O–H groups in total. The van der Waals surface area contributed by atoms with E-state index in [1.54, 1.807) is 12.3 Å². The van der Waals surface area contributed by atoms with Crippen LogP contribution in [0.2, 0.25) is 0 Å². The number of nitrogens with zero attached hydrogens (tertiary/aromatic N) is 1. The standard InChI is InChI=1S/C15H21N3O2S/c1-11(2)14(16)9-18-21(19,20)10-13-6-3-5-12-7-4-8-17-15(12)13/h3-8,11,14,18H,9-10,16H2,1-2H3/t14-/m1/s1. The van der Waals surface area contributed by atoms with Crippen molar-refractivity contribution in [1.82, 2.24) is 9.71 Å². The molecule has 6 heteroatoms. The summed E-state index contributed by atoms with van der Waals surface area (Å²) < 4.78 is 26.9. The zero-order chi connectivity index (χ0) is 15.5. The number of para-hydroxylation sites is 1. The van der Waals surface area contributed by atoms with Gasteiger partial charge in [-0.1, -0.05) is 38.1 Å². The summed E-state index contributed by atoms with van der Waals surface area (Å²) in [6.07, 6.45) is 1.67. The number of sulfonamides is 1. The molecule has 0 fully saturated rings. The number of pyridine rings is 1. The number of rotatable bonds is 6. The molecule has 0 bridgehead atoms. The fourth-order valence-electron chi connectivity index (χ4n) is 2.00. The van der Waals surface area contributed by atoms with Gasteiger partial charge < -0.3 is 5.73 Å². The van der Waals surface area contributed by atoms with Crippen molar-refractivity contribution in [1.29, 1.82) is 0 Å². The van der Waals surface area contributed by atoms with Crippen molar-refractivity contribution in [2.45, 2.75) is 25.6 Å². The molecule has 1 atom stereocenters. The summed E-state index contributed by atoms with van der Waals surface area (Å²) >= 11 is 0. The Labute approximate surface area is 125 Å². The van der Waals surface area contributed by atoms with Gasteiger partial charge in [-0.3, -0.25) is 4.98 Å². The molecule has 0 saturated heterocycles. The average Bonchev–Trinajstić information content (AvgIpc) is 2.45. The molecule has 2 rings (SSSR count). The number of hydrogen-bond acceptors (Lipinski definition) is 4. The molecule has 0 aliphatic carbocycles. The molecular formula is C15H21N3O2S. The maximum absolute atomic E-state index is 12.2. The third-order valence-corrected chi connectivity index (χ3v) is 4.75. The molecule has 1 aromatic carbocycles. The Balaban J connectivity index is 2.15. The van der Waals surface area contributed by atoms with Gasteiger partial charge in [0.25, 0.3) is 0 Å². The normalized spacial score (nSPS) is 13.7. The molecule has 0 aliphatic rings. The summed E-state index contributed by atoms with van der Waals surface area (Å²) in [6, 6.07) is 9.11. The zero-order valence-electron chi connectivity index (χ0n) is 12.3. The Morgan fingerprint density at radius 2 is 1.95 bits per heavy atom. The van der Waals surface area contributed by atoms with Crippen molar-refractivity contribution in [3.05, 3.63) is 42.1 Å². The van der Waals surface area contributed by atoms with E-state index in [4.69, 9.17) is 5.73 Å². The summed E-state index contributed by atoms with van der Waals surface area (Å²) in [5.74, 6) is 0.138. The number of nitrogens with one attached hydrogen (secondary N) is 1. The Bertz CT molecular complexity index is 708. The molecule has 0 spiro atoms. The van der Waals surface area contributed by atoms with Crippen LogP contribution in [0.4, 0.5) is 0 Å². The lowest BCUT2D eigenvalue weighted by Crippen LogP contribution is -2.40. The van der Waals surface area contributed by atoms with Crippen LogP contribution >= 0.6 is 0 Å². The highest BCUT2D eigenvalue weighted by atomic mass is 32.2. The molecule has 0 aliphatic heterocycles. The van der Waals surface area contributed by atoms with E-state index in [0.717, 1.165) is 10.9 Å². The van der Waals surface area contributed by atoms with E-state index in [2.05, 4.69) is 9.71 Å². The Morgan fingerprint density at radius 3 is 2.67 bits per heavy atom. The molecular weight excluding hydrogens is 286 g/mol. The summed E-state index contributed by atoms with van der Waals surface area (Å²) in [4.78, 5) is 4.27. The second-order valence-electron chi connectivity index (χ2n) is 5.51. The molecule has 5 nitrogen and oxygen atoms in total. The lowest BCUT2D eigenvalue weighted by molar-refractivity contribution is 0.481. The monoisotopic (exact) mass is 307 g/mol. The van der Waals surface area contributed by atoms with Crippen molar-refractivity contribution in [2.24, 2.45) is 11.7 Å². The number of nitrogens with two attached hydrogens (primary N) is 1. The van der Waals surface area contributed by atoms with Crippen molar-refractivity contribution in [3.63, 3.8) is 0 Å². The van der Waals surface area contributed by atoms with Crippen LogP contribution in [0, 0.1) is 5.92 Å². The summed E-state index contributed by atoms with van der Waals surface area (Å²) in [5.41, 5.74) is 7.28.